The molecule has 0 aliphatic carbocycles. The number of fused-ring (bicyclic) bond motifs is 1. The quantitative estimate of drug-likeness (QED) is 0.525. The predicted molar refractivity (Wildman–Crippen MR) is 124 cm³/mol. The summed E-state index contributed by atoms with van der Waals surface area (Å²) < 4.78 is 53.8. The van der Waals surface area contributed by atoms with E-state index in [0.29, 0.717) is 23.3 Å². The number of aryl methyl sites for hydroxylation is 1. The van der Waals surface area contributed by atoms with Gasteiger partial charge in [-0.2, -0.15) is 0 Å². The zero-order valence-electron chi connectivity index (χ0n) is 17.6. The van der Waals surface area contributed by atoms with Crippen molar-refractivity contribution in [1.29, 1.82) is 0 Å². The van der Waals surface area contributed by atoms with E-state index >= 15 is 0 Å². The molecule has 3 rings (SSSR count). The third-order valence-electron chi connectivity index (χ3n) is 4.95. The molecule has 0 fully saturated rings. The molecule has 0 spiro atoms. The number of esters is 1. The molecule has 1 aromatic carbocycles. The molecule has 11 heteroatoms. The van der Waals surface area contributed by atoms with Crippen LogP contribution in [-0.2, 0) is 47.8 Å². The first-order valence-electron chi connectivity index (χ1n) is 10.2. The lowest BCUT2D eigenvalue weighted by molar-refractivity contribution is -0.113. The fourth-order valence-corrected chi connectivity index (χ4v) is 7.76. The zero-order valence-corrected chi connectivity index (χ0v) is 20.1. The van der Waals surface area contributed by atoms with Gasteiger partial charge in [0.25, 0.3) is 0 Å². The van der Waals surface area contributed by atoms with E-state index in [-0.39, 0.29) is 40.9 Å². The Labute approximate surface area is 191 Å². The second-order valence-electron chi connectivity index (χ2n) is 7.50. The van der Waals surface area contributed by atoms with Gasteiger partial charge in [-0.3, -0.25) is 4.79 Å². The number of carbonyl (C=O) groups excluding carboxylic acids is 2. The molecule has 0 atom stereocenters. The standard InChI is InChI=1S/C21H25NO7S3/c1-2-29-21(24)19-16-10-12-32(27,28)13-17(16)30-20(19)22-18(23)14-31(25,26)11-6-9-15-7-4-3-5-8-15/h3-5,7-8H,2,6,9-14H2,1H3,(H,22,23). The van der Waals surface area contributed by atoms with E-state index in [4.69, 9.17) is 4.74 Å². The molecule has 32 heavy (non-hydrogen) atoms. The molecule has 174 valence electrons. The Morgan fingerprint density at radius 3 is 2.59 bits per heavy atom. The van der Waals surface area contributed by atoms with Crippen molar-refractivity contribution in [3.8, 4) is 0 Å². The first kappa shape index (κ1) is 24.4. The summed E-state index contributed by atoms with van der Waals surface area (Å²) in [6, 6.07) is 9.46. The fraction of sp³-hybridized carbons (Fsp3) is 0.429. The molecule has 8 nitrogen and oxygen atoms in total. The molecule has 2 aromatic rings. The third-order valence-corrected chi connectivity index (χ3v) is 9.45. The smallest absolute Gasteiger partial charge is 0.341 e. The average molecular weight is 500 g/mol. The van der Waals surface area contributed by atoms with E-state index in [1.165, 1.54) is 0 Å². The van der Waals surface area contributed by atoms with Crippen LogP contribution in [0, 0.1) is 0 Å². The van der Waals surface area contributed by atoms with E-state index in [9.17, 15) is 26.4 Å². The van der Waals surface area contributed by atoms with Crippen molar-refractivity contribution in [2.75, 3.05) is 29.2 Å². The molecule has 1 aliphatic rings. The average Bonchev–Trinajstić information content (AvgIpc) is 3.03. The Hall–Kier alpha value is -2.24. The van der Waals surface area contributed by atoms with Gasteiger partial charge in [0.1, 0.15) is 10.8 Å². The number of rotatable bonds is 9. The first-order chi connectivity index (χ1) is 15.1. The lowest BCUT2D eigenvalue weighted by atomic mass is 10.1. The van der Waals surface area contributed by atoms with Crippen LogP contribution in [0.2, 0.25) is 0 Å². The highest BCUT2D eigenvalue weighted by Gasteiger charge is 2.32. The number of amides is 1. The Balaban J connectivity index is 1.69. The molecule has 1 N–H and O–H groups in total. The maximum Gasteiger partial charge on any atom is 0.341 e. The topological polar surface area (TPSA) is 124 Å². The number of anilines is 1. The van der Waals surface area contributed by atoms with Gasteiger partial charge in [-0.05, 0) is 37.3 Å². The second kappa shape index (κ2) is 10.1. The molecule has 1 amide bonds. The fourth-order valence-electron chi connectivity index (χ4n) is 3.51. The van der Waals surface area contributed by atoms with Crippen molar-refractivity contribution in [2.45, 2.75) is 31.9 Å². The van der Waals surface area contributed by atoms with Gasteiger partial charge in [-0.1, -0.05) is 30.3 Å². The lowest BCUT2D eigenvalue weighted by Crippen LogP contribution is -2.25. The maximum absolute atomic E-state index is 12.5. The van der Waals surface area contributed by atoms with Crippen LogP contribution in [0.15, 0.2) is 30.3 Å². The monoisotopic (exact) mass is 499 g/mol. The van der Waals surface area contributed by atoms with Gasteiger partial charge in [0.2, 0.25) is 5.91 Å². The summed E-state index contributed by atoms with van der Waals surface area (Å²) in [4.78, 5) is 25.4. The molecular formula is C21H25NO7S3. The Morgan fingerprint density at radius 2 is 1.91 bits per heavy atom. The van der Waals surface area contributed by atoms with Gasteiger partial charge >= 0.3 is 5.97 Å². The molecule has 0 saturated carbocycles. The summed E-state index contributed by atoms with van der Waals surface area (Å²) in [5.41, 5.74) is 1.69. The van der Waals surface area contributed by atoms with Crippen LogP contribution in [0.3, 0.4) is 0 Å². The number of hydrogen-bond donors (Lipinski definition) is 1. The van der Waals surface area contributed by atoms with Crippen LogP contribution in [-0.4, -0.2) is 52.6 Å². The molecule has 0 unspecified atom stereocenters. The Kier molecular flexibility index (Phi) is 7.73. The molecule has 1 aliphatic heterocycles. The Bertz CT molecular complexity index is 1200. The van der Waals surface area contributed by atoms with Gasteiger partial charge in [0.15, 0.2) is 19.7 Å². The van der Waals surface area contributed by atoms with Gasteiger partial charge in [0.05, 0.1) is 29.4 Å². The lowest BCUT2D eigenvalue weighted by Gasteiger charge is -2.13. The van der Waals surface area contributed by atoms with Crippen LogP contribution in [0.1, 0.15) is 39.7 Å². The number of hydrogen-bond acceptors (Lipinski definition) is 8. The van der Waals surface area contributed by atoms with Crippen LogP contribution in [0.4, 0.5) is 5.00 Å². The van der Waals surface area contributed by atoms with Crippen molar-refractivity contribution < 1.29 is 31.2 Å². The number of ether oxygens (including phenoxy) is 1. The number of sulfone groups is 2. The Morgan fingerprint density at radius 1 is 1.19 bits per heavy atom. The van der Waals surface area contributed by atoms with Crippen LogP contribution in [0.5, 0.6) is 0 Å². The number of nitrogens with one attached hydrogen (secondary N) is 1. The van der Waals surface area contributed by atoms with Crippen LogP contribution >= 0.6 is 11.3 Å². The SMILES string of the molecule is CCOC(=O)c1c(NC(=O)CS(=O)(=O)CCCc2ccccc2)sc2c1CCS(=O)(=O)C2. The molecule has 0 radical (unpaired) electrons. The maximum atomic E-state index is 12.5. The van der Waals surface area contributed by atoms with Crippen LogP contribution in [0.25, 0.3) is 0 Å². The highest BCUT2D eigenvalue weighted by Crippen LogP contribution is 2.38. The van der Waals surface area contributed by atoms with E-state index in [0.717, 1.165) is 16.9 Å². The number of benzene rings is 1. The highest BCUT2D eigenvalue weighted by molar-refractivity contribution is 7.92. The molecular weight excluding hydrogens is 474 g/mol. The number of carbonyl (C=O) groups is 2. The minimum absolute atomic E-state index is 0.0910. The summed E-state index contributed by atoms with van der Waals surface area (Å²) in [5, 5.41) is 2.64. The van der Waals surface area contributed by atoms with E-state index in [1.54, 1.807) is 6.92 Å². The summed E-state index contributed by atoms with van der Waals surface area (Å²) in [6.45, 7) is 1.76. The van der Waals surface area contributed by atoms with Crippen LogP contribution < -0.4 is 5.32 Å². The first-order valence-corrected chi connectivity index (χ1v) is 14.6. The molecule has 0 saturated heterocycles. The van der Waals surface area contributed by atoms with Crippen molar-refractivity contribution in [2.24, 2.45) is 0 Å². The normalized spacial score (nSPS) is 15.0. The summed E-state index contributed by atoms with van der Waals surface area (Å²) in [6.07, 6.45) is 1.12. The molecule has 2 heterocycles. The minimum atomic E-state index is -3.65. The van der Waals surface area contributed by atoms with E-state index in [1.807, 2.05) is 30.3 Å². The van der Waals surface area contributed by atoms with E-state index in [2.05, 4.69) is 5.32 Å². The van der Waals surface area contributed by atoms with Crippen molar-refractivity contribution in [1.82, 2.24) is 0 Å². The van der Waals surface area contributed by atoms with Gasteiger partial charge in [0, 0.05) is 4.88 Å². The van der Waals surface area contributed by atoms with Crippen molar-refractivity contribution >= 4 is 47.9 Å². The molecule has 1 aromatic heterocycles. The van der Waals surface area contributed by atoms with E-state index < -0.39 is 37.3 Å². The summed E-state index contributed by atoms with van der Waals surface area (Å²) >= 11 is 0.981. The summed E-state index contributed by atoms with van der Waals surface area (Å²) in [5.74, 6) is -2.59. The van der Waals surface area contributed by atoms with Crippen molar-refractivity contribution in [3.63, 3.8) is 0 Å². The van der Waals surface area contributed by atoms with Gasteiger partial charge < -0.3 is 10.1 Å². The summed E-state index contributed by atoms with van der Waals surface area (Å²) in [7, 11) is -6.93. The predicted octanol–water partition coefficient (Wildman–Crippen LogP) is 2.38. The molecule has 0 bridgehead atoms. The largest absolute Gasteiger partial charge is 0.462 e. The minimum Gasteiger partial charge on any atom is -0.462 e. The number of thiophene rings is 1. The zero-order chi connectivity index (χ0) is 23.4. The van der Waals surface area contributed by atoms with Gasteiger partial charge in [-0.15, -0.1) is 11.3 Å². The van der Waals surface area contributed by atoms with Gasteiger partial charge in [-0.25, -0.2) is 21.6 Å². The van der Waals surface area contributed by atoms with Crippen molar-refractivity contribution in [3.05, 3.63) is 51.9 Å². The second-order valence-corrected chi connectivity index (χ2v) is 13.0. The third kappa shape index (κ3) is 6.39. The highest BCUT2D eigenvalue weighted by atomic mass is 32.2.